The number of esters is 1. The molecule has 0 amide bonds. The van der Waals surface area contributed by atoms with E-state index < -0.39 is 0 Å². The molecule has 1 saturated heterocycles. The second-order valence-corrected chi connectivity index (χ2v) is 3.47. The number of ether oxygens (including phenoxy) is 1. The molecule has 0 radical (unpaired) electrons. The zero-order chi connectivity index (χ0) is 7.90. The number of carbonyl (C=O) groups excluding carboxylic acids is 1. The molecular weight excluding hydrogens is 142 g/mol. The van der Waals surface area contributed by atoms with E-state index in [1.165, 1.54) is 13.5 Å². The van der Waals surface area contributed by atoms with E-state index in [9.17, 15) is 4.79 Å². The highest BCUT2D eigenvalue weighted by Crippen LogP contribution is 2.49. The molecule has 3 heteroatoms. The summed E-state index contributed by atoms with van der Waals surface area (Å²) >= 11 is 0. The molecule has 0 aromatic heterocycles. The van der Waals surface area contributed by atoms with Crippen LogP contribution < -0.4 is 5.32 Å². The number of carbonyl (C=O) groups is 1. The van der Waals surface area contributed by atoms with Crippen LogP contribution >= 0.6 is 0 Å². The Morgan fingerprint density at radius 3 is 3.09 bits per heavy atom. The van der Waals surface area contributed by atoms with Crippen LogP contribution in [-0.4, -0.2) is 25.2 Å². The first-order valence-corrected chi connectivity index (χ1v) is 4.11. The number of hydrogen-bond donors (Lipinski definition) is 1. The van der Waals surface area contributed by atoms with Crippen LogP contribution in [0.2, 0.25) is 0 Å². The highest BCUT2D eigenvalue weighted by Gasteiger charge is 2.59. The molecule has 2 rings (SSSR count). The molecule has 0 aromatic rings. The van der Waals surface area contributed by atoms with Gasteiger partial charge in [0.05, 0.1) is 13.0 Å². The average Bonchev–Trinajstić information content (AvgIpc) is 2.48. The quantitative estimate of drug-likeness (QED) is 0.553. The summed E-state index contributed by atoms with van der Waals surface area (Å²) in [7, 11) is 1.46. The van der Waals surface area contributed by atoms with Crippen LogP contribution in [0, 0.1) is 5.92 Å². The van der Waals surface area contributed by atoms with Crippen LogP contribution in [-0.2, 0) is 9.53 Å². The Kier molecular flexibility index (Phi) is 1.42. The van der Waals surface area contributed by atoms with Gasteiger partial charge in [-0.3, -0.25) is 4.79 Å². The fraction of sp³-hybridized carbons (Fsp3) is 0.875. The van der Waals surface area contributed by atoms with Crippen molar-refractivity contribution in [1.29, 1.82) is 0 Å². The van der Waals surface area contributed by atoms with Gasteiger partial charge in [-0.2, -0.15) is 0 Å². The predicted molar refractivity (Wildman–Crippen MR) is 40.1 cm³/mol. The van der Waals surface area contributed by atoms with Gasteiger partial charge in [0.15, 0.2) is 0 Å². The van der Waals surface area contributed by atoms with E-state index in [-0.39, 0.29) is 17.4 Å². The molecule has 1 aliphatic heterocycles. The van der Waals surface area contributed by atoms with Crippen LogP contribution in [0.3, 0.4) is 0 Å². The third-order valence-corrected chi connectivity index (χ3v) is 2.84. The van der Waals surface area contributed by atoms with Crippen LogP contribution in [0.1, 0.15) is 19.3 Å². The van der Waals surface area contributed by atoms with Crippen LogP contribution in [0.5, 0.6) is 0 Å². The minimum atomic E-state index is -0.0422. The van der Waals surface area contributed by atoms with Crippen molar-refractivity contribution in [3.05, 3.63) is 0 Å². The van der Waals surface area contributed by atoms with Crippen LogP contribution in [0.25, 0.3) is 0 Å². The van der Waals surface area contributed by atoms with E-state index in [4.69, 9.17) is 0 Å². The Balaban J connectivity index is 1.97. The normalized spacial score (nSPS) is 41.0. The topological polar surface area (TPSA) is 38.3 Å². The maximum absolute atomic E-state index is 11.1. The van der Waals surface area contributed by atoms with Crippen molar-refractivity contribution >= 4 is 5.97 Å². The molecule has 1 heterocycles. The summed E-state index contributed by atoms with van der Waals surface area (Å²) in [5, 5.41) is 3.37. The average molecular weight is 155 g/mol. The lowest BCUT2D eigenvalue weighted by Crippen LogP contribution is -2.28. The highest BCUT2D eigenvalue weighted by molar-refractivity contribution is 5.78. The Bertz CT molecular complexity index is 185. The first kappa shape index (κ1) is 7.10. The molecule has 11 heavy (non-hydrogen) atoms. The molecular formula is C8H13NO2. The van der Waals surface area contributed by atoms with Gasteiger partial charge in [-0.15, -0.1) is 0 Å². The lowest BCUT2D eigenvalue weighted by atomic mass is 10.1. The maximum atomic E-state index is 11.1. The van der Waals surface area contributed by atoms with Crippen molar-refractivity contribution in [1.82, 2.24) is 5.32 Å². The number of rotatable bonds is 1. The van der Waals surface area contributed by atoms with E-state index in [0.29, 0.717) is 0 Å². The fourth-order valence-corrected chi connectivity index (χ4v) is 2.06. The van der Waals surface area contributed by atoms with Crippen molar-refractivity contribution < 1.29 is 9.53 Å². The van der Waals surface area contributed by atoms with Gasteiger partial charge in [0.2, 0.25) is 0 Å². The largest absolute Gasteiger partial charge is 0.469 e. The van der Waals surface area contributed by atoms with Gasteiger partial charge in [0, 0.05) is 5.54 Å². The summed E-state index contributed by atoms with van der Waals surface area (Å²) < 4.78 is 4.68. The maximum Gasteiger partial charge on any atom is 0.310 e. The van der Waals surface area contributed by atoms with Crippen molar-refractivity contribution in [3.63, 3.8) is 0 Å². The van der Waals surface area contributed by atoms with E-state index in [2.05, 4.69) is 10.1 Å². The molecule has 2 aliphatic rings. The third kappa shape index (κ3) is 0.948. The molecule has 2 atom stereocenters. The molecule has 2 unspecified atom stereocenters. The summed E-state index contributed by atoms with van der Waals surface area (Å²) in [6, 6.07) is 0. The highest BCUT2D eigenvalue weighted by atomic mass is 16.5. The zero-order valence-electron chi connectivity index (χ0n) is 6.72. The van der Waals surface area contributed by atoms with Gasteiger partial charge < -0.3 is 10.1 Å². The summed E-state index contributed by atoms with van der Waals surface area (Å²) in [6.07, 6.45) is 3.33. The second kappa shape index (κ2) is 2.21. The molecule has 0 bridgehead atoms. The summed E-state index contributed by atoms with van der Waals surface area (Å²) in [4.78, 5) is 11.1. The number of nitrogens with one attached hydrogen (secondary N) is 1. The molecule has 1 spiro atoms. The monoisotopic (exact) mass is 155 g/mol. The van der Waals surface area contributed by atoms with Crippen molar-refractivity contribution in [3.8, 4) is 0 Å². The van der Waals surface area contributed by atoms with Crippen LogP contribution in [0.15, 0.2) is 0 Å². The van der Waals surface area contributed by atoms with Gasteiger partial charge in [0.25, 0.3) is 0 Å². The lowest BCUT2D eigenvalue weighted by molar-refractivity contribution is -0.142. The fourth-order valence-electron chi connectivity index (χ4n) is 2.06. The minimum absolute atomic E-state index is 0.0422. The SMILES string of the molecule is COC(=O)C1CC12CCCN2. The molecule has 2 fully saturated rings. The molecule has 1 N–H and O–H groups in total. The van der Waals surface area contributed by atoms with Crippen molar-refractivity contribution in [2.24, 2.45) is 5.92 Å². The smallest absolute Gasteiger partial charge is 0.310 e. The predicted octanol–water partition coefficient (Wildman–Crippen LogP) is 0.301. The Labute approximate surface area is 66.1 Å². The lowest BCUT2D eigenvalue weighted by Gasteiger charge is -2.06. The van der Waals surface area contributed by atoms with Gasteiger partial charge in [-0.05, 0) is 25.8 Å². The van der Waals surface area contributed by atoms with Crippen molar-refractivity contribution in [2.45, 2.75) is 24.8 Å². The van der Waals surface area contributed by atoms with Gasteiger partial charge in [-0.1, -0.05) is 0 Å². The standard InChI is InChI=1S/C8H13NO2/c1-11-7(10)6-5-8(6)3-2-4-9-8/h6,9H,2-5H2,1H3. The zero-order valence-corrected chi connectivity index (χ0v) is 6.72. The first-order chi connectivity index (χ1) is 5.28. The van der Waals surface area contributed by atoms with E-state index in [1.807, 2.05) is 0 Å². The summed E-state index contributed by atoms with van der Waals surface area (Å²) in [5.41, 5.74) is 0.160. The van der Waals surface area contributed by atoms with E-state index >= 15 is 0 Å². The number of hydrogen-bond acceptors (Lipinski definition) is 3. The molecule has 1 aliphatic carbocycles. The third-order valence-electron chi connectivity index (χ3n) is 2.84. The molecule has 62 valence electrons. The first-order valence-electron chi connectivity index (χ1n) is 4.11. The number of methoxy groups -OCH3 is 1. The van der Waals surface area contributed by atoms with E-state index in [1.54, 1.807) is 0 Å². The summed E-state index contributed by atoms with van der Waals surface area (Å²) in [5.74, 6) is 0.106. The summed E-state index contributed by atoms with van der Waals surface area (Å²) in [6.45, 7) is 1.06. The van der Waals surface area contributed by atoms with Gasteiger partial charge >= 0.3 is 5.97 Å². The van der Waals surface area contributed by atoms with E-state index in [0.717, 1.165) is 19.4 Å². The molecule has 0 aromatic carbocycles. The minimum Gasteiger partial charge on any atom is -0.469 e. The van der Waals surface area contributed by atoms with Crippen LogP contribution in [0.4, 0.5) is 0 Å². The van der Waals surface area contributed by atoms with Gasteiger partial charge in [-0.25, -0.2) is 0 Å². The second-order valence-electron chi connectivity index (χ2n) is 3.47. The Hall–Kier alpha value is -0.570. The van der Waals surface area contributed by atoms with Crippen molar-refractivity contribution in [2.75, 3.05) is 13.7 Å². The van der Waals surface area contributed by atoms with Gasteiger partial charge in [0.1, 0.15) is 0 Å². The molecule has 3 nitrogen and oxygen atoms in total. The molecule has 1 saturated carbocycles. The Morgan fingerprint density at radius 1 is 1.73 bits per heavy atom. The Morgan fingerprint density at radius 2 is 2.55 bits per heavy atom.